The lowest BCUT2D eigenvalue weighted by Gasteiger charge is -2.24. The van der Waals surface area contributed by atoms with Gasteiger partial charge in [0.1, 0.15) is 6.17 Å². The molecule has 3 rings (SSSR count). The number of hydrogen-bond acceptors (Lipinski definition) is 3. The van der Waals surface area contributed by atoms with Crippen LogP contribution in [0.3, 0.4) is 0 Å². The first-order valence-electron chi connectivity index (χ1n) is 7.45. The van der Waals surface area contributed by atoms with E-state index in [0.717, 1.165) is 18.1 Å². The molecule has 2 unspecified atom stereocenters. The standard InChI is InChI=1S/C16H22N2O2/c1-12-16(19)18(9-10-20-11-13-7-8-13)15(17-12)14-5-3-2-4-6-14/h2-6,12-13,15,17H,7-11H2,1H3. The van der Waals surface area contributed by atoms with Crippen molar-refractivity contribution in [1.82, 2.24) is 10.2 Å². The number of hydrogen-bond donors (Lipinski definition) is 1. The highest BCUT2D eigenvalue weighted by molar-refractivity contribution is 5.84. The maximum Gasteiger partial charge on any atom is 0.241 e. The largest absolute Gasteiger partial charge is 0.379 e. The van der Waals surface area contributed by atoms with Crippen LogP contribution in [0.2, 0.25) is 0 Å². The molecular weight excluding hydrogens is 252 g/mol. The van der Waals surface area contributed by atoms with Crippen LogP contribution < -0.4 is 5.32 Å². The second-order valence-corrected chi connectivity index (χ2v) is 5.75. The summed E-state index contributed by atoms with van der Waals surface area (Å²) < 4.78 is 5.67. The van der Waals surface area contributed by atoms with Gasteiger partial charge in [0.25, 0.3) is 0 Å². The van der Waals surface area contributed by atoms with E-state index < -0.39 is 0 Å². The quantitative estimate of drug-likeness (QED) is 0.806. The van der Waals surface area contributed by atoms with Crippen molar-refractivity contribution in [2.45, 2.75) is 32.0 Å². The summed E-state index contributed by atoms with van der Waals surface area (Å²) in [5, 5.41) is 3.35. The van der Waals surface area contributed by atoms with Crippen LogP contribution in [0.1, 0.15) is 31.5 Å². The molecule has 2 aliphatic rings. The van der Waals surface area contributed by atoms with Gasteiger partial charge in [0.05, 0.1) is 12.6 Å². The van der Waals surface area contributed by atoms with Crippen LogP contribution in [-0.4, -0.2) is 36.6 Å². The number of amides is 1. The maximum absolute atomic E-state index is 12.2. The molecule has 20 heavy (non-hydrogen) atoms. The van der Waals surface area contributed by atoms with E-state index in [1.54, 1.807) is 0 Å². The minimum atomic E-state index is -0.122. The maximum atomic E-state index is 12.2. The van der Waals surface area contributed by atoms with Crippen LogP contribution in [-0.2, 0) is 9.53 Å². The van der Waals surface area contributed by atoms with E-state index in [9.17, 15) is 4.79 Å². The van der Waals surface area contributed by atoms with E-state index in [1.165, 1.54) is 12.8 Å². The summed E-state index contributed by atoms with van der Waals surface area (Å²) in [6, 6.07) is 10.00. The second-order valence-electron chi connectivity index (χ2n) is 5.75. The van der Waals surface area contributed by atoms with Gasteiger partial charge in [0, 0.05) is 13.2 Å². The third-order valence-electron chi connectivity index (χ3n) is 4.02. The molecule has 1 amide bonds. The molecule has 1 saturated carbocycles. The molecule has 0 spiro atoms. The number of carbonyl (C=O) groups is 1. The molecule has 1 N–H and O–H groups in total. The lowest BCUT2D eigenvalue weighted by molar-refractivity contribution is -0.130. The molecule has 4 heteroatoms. The molecule has 0 bridgehead atoms. The van der Waals surface area contributed by atoms with Crippen molar-refractivity contribution in [1.29, 1.82) is 0 Å². The number of ether oxygens (including phenoxy) is 1. The van der Waals surface area contributed by atoms with Gasteiger partial charge in [0.2, 0.25) is 5.91 Å². The minimum absolute atomic E-state index is 0.0248. The smallest absolute Gasteiger partial charge is 0.241 e. The Morgan fingerprint density at radius 3 is 2.75 bits per heavy atom. The lowest BCUT2D eigenvalue weighted by Crippen LogP contribution is -2.33. The van der Waals surface area contributed by atoms with Gasteiger partial charge in [-0.1, -0.05) is 30.3 Å². The zero-order chi connectivity index (χ0) is 13.9. The predicted octanol–water partition coefficient (Wildman–Crippen LogP) is 1.93. The zero-order valence-electron chi connectivity index (χ0n) is 11.9. The molecule has 4 nitrogen and oxygen atoms in total. The van der Waals surface area contributed by atoms with Crippen LogP contribution >= 0.6 is 0 Å². The van der Waals surface area contributed by atoms with E-state index >= 15 is 0 Å². The average molecular weight is 274 g/mol. The molecule has 2 fully saturated rings. The van der Waals surface area contributed by atoms with Gasteiger partial charge in [-0.3, -0.25) is 10.1 Å². The van der Waals surface area contributed by atoms with Gasteiger partial charge >= 0.3 is 0 Å². The number of nitrogens with zero attached hydrogens (tertiary/aromatic N) is 1. The molecule has 1 aromatic carbocycles. The summed E-state index contributed by atoms with van der Waals surface area (Å²) in [5.41, 5.74) is 1.13. The van der Waals surface area contributed by atoms with E-state index in [0.29, 0.717) is 13.2 Å². The Morgan fingerprint density at radius 1 is 1.30 bits per heavy atom. The highest BCUT2D eigenvalue weighted by atomic mass is 16.5. The van der Waals surface area contributed by atoms with Crippen molar-refractivity contribution in [2.75, 3.05) is 19.8 Å². The molecule has 1 aliphatic carbocycles. The Kier molecular flexibility index (Phi) is 4.03. The van der Waals surface area contributed by atoms with Crippen molar-refractivity contribution in [3.63, 3.8) is 0 Å². The summed E-state index contributed by atoms with van der Waals surface area (Å²) in [6.07, 6.45) is 2.57. The van der Waals surface area contributed by atoms with Gasteiger partial charge in [-0.15, -0.1) is 0 Å². The van der Waals surface area contributed by atoms with Crippen molar-refractivity contribution < 1.29 is 9.53 Å². The molecule has 1 aliphatic heterocycles. The third-order valence-corrected chi connectivity index (χ3v) is 4.02. The fourth-order valence-corrected chi connectivity index (χ4v) is 2.62. The van der Waals surface area contributed by atoms with Crippen molar-refractivity contribution in [2.24, 2.45) is 5.92 Å². The molecule has 1 heterocycles. The van der Waals surface area contributed by atoms with Crippen LogP contribution in [0.15, 0.2) is 30.3 Å². The Morgan fingerprint density at radius 2 is 2.05 bits per heavy atom. The fourth-order valence-electron chi connectivity index (χ4n) is 2.62. The molecule has 2 atom stereocenters. The summed E-state index contributed by atoms with van der Waals surface area (Å²) >= 11 is 0. The van der Waals surface area contributed by atoms with Crippen LogP contribution in [0.4, 0.5) is 0 Å². The van der Waals surface area contributed by atoms with Crippen molar-refractivity contribution >= 4 is 5.91 Å². The molecule has 108 valence electrons. The van der Waals surface area contributed by atoms with E-state index in [-0.39, 0.29) is 18.1 Å². The zero-order valence-corrected chi connectivity index (χ0v) is 11.9. The number of nitrogens with one attached hydrogen (secondary N) is 1. The SMILES string of the molecule is CC1NC(c2ccccc2)N(CCOCC2CC2)C1=O. The van der Waals surface area contributed by atoms with Gasteiger partial charge in [0.15, 0.2) is 0 Å². The van der Waals surface area contributed by atoms with Crippen molar-refractivity contribution in [3.8, 4) is 0 Å². The normalized spacial score (nSPS) is 26.2. The van der Waals surface area contributed by atoms with E-state index in [4.69, 9.17) is 4.74 Å². The topological polar surface area (TPSA) is 41.6 Å². The predicted molar refractivity (Wildman–Crippen MR) is 77.0 cm³/mol. The van der Waals surface area contributed by atoms with Gasteiger partial charge < -0.3 is 9.64 Å². The molecule has 0 radical (unpaired) electrons. The van der Waals surface area contributed by atoms with Crippen LogP contribution in [0.5, 0.6) is 0 Å². The highest BCUT2D eigenvalue weighted by Crippen LogP contribution is 2.29. The van der Waals surface area contributed by atoms with Gasteiger partial charge in [-0.25, -0.2) is 0 Å². The summed E-state index contributed by atoms with van der Waals surface area (Å²) in [4.78, 5) is 14.1. The Hall–Kier alpha value is -1.39. The number of carbonyl (C=O) groups excluding carboxylic acids is 1. The van der Waals surface area contributed by atoms with E-state index in [2.05, 4.69) is 17.4 Å². The third kappa shape index (κ3) is 3.02. The molecule has 0 aromatic heterocycles. The monoisotopic (exact) mass is 274 g/mol. The van der Waals surface area contributed by atoms with Crippen LogP contribution in [0.25, 0.3) is 0 Å². The first kappa shape index (κ1) is 13.6. The molecular formula is C16H22N2O2. The summed E-state index contributed by atoms with van der Waals surface area (Å²) in [6.45, 7) is 4.05. The highest BCUT2D eigenvalue weighted by Gasteiger charge is 2.36. The molecule has 1 saturated heterocycles. The number of rotatable bonds is 6. The average Bonchev–Trinajstić information content (AvgIpc) is 3.25. The Balaban J connectivity index is 1.60. The van der Waals surface area contributed by atoms with Gasteiger partial charge in [-0.05, 0) is 31.2 Å². The Bertz CT molecular complexity index is 459. The Labute approximate surface area is 120 Å². The fraction of sp³-hybridized carbons (Fsp3) is 0.562. The van der Waals surface area contributed by atoms with E-state index in [1.807, 2.05) is 30.0 Å². The summed E-state index contributed by atoms with van der Waals surface area (Å²) in [7, 11) is 0. The number of benzene rings is 1. The first-order chi connectivity index (χ1) is 9.75. The summed E-state index contributed by atoms with van der Waals surface area (Å²) in [5.74, 6) is 0.931. The minimum Gasteiger partial charge on any atom is -0.379 e. The lowest BCUT2D eigenvalue weighted by atomic mass is 10.1. The van der Waals surface area contributed by atoms with Crippen molar-refractivity contribution in [3.05, 3.63) is 35.9 Å². The first-order valence-corrected chi connectivity index (χ1v) is 7.45. The van der Waals surface area contributed by atoms with Crippen LogP contribution in [0, 0.1) is 5.92 Å². The molecule has 1 aromatic rings. The second kappa shape index (κ2) is 5.94. The van der Waals surface area contributed by atoms with Gasteiger partial charge in [-0.2, -0.15) is 0 Å².